The Morgan fingerprint density at radius 1 is 1.36 bits per heavy atom. The molecule has 0 bridgehead atoms. The first-order valence-corrected chi connectivity index (χ1v) is 9.26. The molecule has 1 aliphatic carbocycles. The minimum atomic E-state index is -0.165. The Morgan fingerprint density at radius 3 is 2.82 bits per heavy atom. The van der Waals surface area contributed by atoms with E-state index in [9.17, 15) is 10.1 Å². The van der Waals surface area contributed by atoms with E-state index in [0.717, 1.165) is 24.1 Å². The van der Waals surface area contributed by atoms with E-state index in [0.29, 0.717) is 34.1 Å². The molecule has 28 heavy (non-hydrogen) atoms. The SMILES string of the molecule is COc1cc(C#N)cc(-c2cc(C)n3ncc(C(=O)NC(C)C4CC4)c3n2)c1. The summed E-state index contributed by atoms with van der Waals surface area (Å²) in [5.41, 5.74) is 3.68. The molecule has 0 saturated heterocycles. The molecule has 2 heterocycles. The summed E-state index contributed by atoms with van der Waals surface area (Å²) in [4.78, 5) is 17.4. The molecule has 1 N–H and O–H groups in total. The number of amides is 1. The van der Waals surface area contributed by atoms with Crippen molar-refractivity contribution in [1.29, 1.82) is 5.26 Å². The third kappa shape index (κ3) is 3.29. The molecule has 0 spiro atoms. The van der Waals surface area contributed by atoms with Crippen molar-refractivity contribution >= 4 is 11.6 Å². The van der Waals surface area contributed by atoms with Gasteiger partial charge in [0.25, 0.3) is 5.91 Å². The summed E-state index contributed by atoms with van der Waals surface area (Å²) in [7, 11) is 1.56. The largest absolute Gasteiger partial charge is 0.497 e. The van der Waals surface area contributed by atoms with Crippen molar-refractivity contribution in [3.63, 3.8) is 0 Å². The van der Waals surface area contributed by atoms with Gasteiger partial charge in [-0.15, -0.1) is 0 Å². The molecule has 142 valence electrons. The highest BCUT2D eigenvalue weighted by Gasteiger charge is 2.30. The van der Waals surface area contributed by atoms with Crippen molar-refractivity contribution in [2.24, 2.45) is 5.92 Å². The molecule has 7 heteroatoms. The molecule has 0 radical (unpaired) electrons. The van der Waals surface area contributed by atoms with Gasteiger partial charge in [-0.3, -0.25) is 4.79 Å². The van der Waals surface area contributed by atoms with Crippen molar-refractivity contribution in [3.05, 3.63) is 47.3 Å². The molecule has 4 rings (SSSR count). The van der Waals surface area contributed by atoms with Crippen LogP contribution in [-0.2, 0) is 0 Å². The summed E-state index contributed by atoms with van der Waals surface area (Å²) in [6, 6.07) is 9.41. The molecule has 2 aromatic heterocycles. The van der Waals surface area contributed by atoms with Crippen molar-refractivity contribution in [2.75, 3.05) is 7.11 Å². The number of carbonyl (C=O) groups is 1. The second kappa shape index (κ2) is 6.97. The molecular formula is C21H21N5O2. The fourth-order valence-electron chi connectivity index (χ4n) is 3.35. The number of methoxy groups -OCH3 is 1. The highest BCUT2D eigenvalue weighted by Crippen LogP contribution is 2.32. The molecule has 1 atom stereocenters. The highest BCUT2D eigenvalue weighted by molar-refractivity contribution is 6.00. The maximum Gasteiger partial charge on any atom is 0.256 e. The molecule has 1 aliphatic rings. The molecule has 1 amide bonds. The van der Waals surface area contributed by atoms with Crippen molar-refractivity contribution in [1.82, 2.24) is 19.9 Å². The molecule has 1 saturated carbocycles. The van der Waals surface area contributed by atoms with E-state index in [-0.39, 0.29) is 11.9 Å². The number of rotatable bonds is 5. The van der Waals surface area contributed by atoms with E-state index in [1.165, 1.54) is 0 Å². The minimum Gasteiger partial charge on any atom is -0.497 e. The number of ether oxygens (including phenoxy) is 1. The van der Waals surface area contributed by atoms with E-state index < -0.39 is 0 Å². The molecule has 1 unspecified atom stereocenters. The van der Waals surface area contributed by atoms with Crippen molar-refractivity contribution in [3.8, 4) is 23.1 Å². The van der Waals surface area contributed by atoms with E-state index >= 15 is 0 Å². The molecule has 0 aliphatic heterocycles. The van der Waals surface area contributed by atoms with Crippen LogP contribution in [0.1, 0.15) is 41.4 Å². The standard InChI is InChI=1S/C21H21N5O2/c1-12-6-19(16-7-14(10-22)8-17(9-16)28-3)25-20-18(11-23-26(12)20)21(27)24-13(2)15-4-5-15/h6-9,11,13,15H,4-5H2,1-3H3,(H,24,27). The first-order valence-electron chi connectivity index (χ1n) is 9.26. The number of aryl methyl sites for hydroxylation is 1. The summed E-state index contributed by atoms with van der Waals surface area (Å²) < 4.78 is 6.95. The average molecular weight is 375 g/mol. The Kier molecular flexibility index (Phi) is 4.47. The highest BCUT2D eigenvalue weighted by atomic mass is 16.5. The van der Waals surface area contributed by atoms with Gasteiger partial charge in [0.2, 0.25) is 0 Å². The van der Waals surface area contributed by atoms with Crippen LogP contribution in [0.5, 0.6) is 5.75 Å². The van der Waals surface area contributed by atoms with E-state index in [2.05, 4.69) is 21.5 Å². The monoisotopic (exact) mass is 375 g/mol. The van der Waals surface area contributed by atoms with Crippen molar-refractivity contribution < 1.29 is 9.53 Å². The van der Waals surface area contributed by atoms with Crippen LogP contribution in [0.4, 0.5) is 0 Å². The fourth-order valence-corrected chi connectivity index (χ4v) is 3.35. The Morgan fingerprint density at radius 2 is 2.14 bits per heavy atom. The average Bonchev–Trinajstić information content (AvgIpc) is 3.46. The van der Waals surface area contributed by atoms with Gasteiger partial charge in [-0.2, -0.15) is 10.4 Å². The number of hydrogen-bond acceptors (Lipinski definition) is 5. The van der Waals surface area contributed by atoms with Gasteiger partial charge < -0.3 is 10.1 Å². The number of aromatic nitrogens is 3. The van der Waals surface area contributed by atoms with Gasteiger partial charge in [-0.1, -0.05) is 0 Å². The first-order chi connectivity index (χ1) is 13.5. The van der Waals surface area contributed by atoms with Crippen LogP contribution in [0.15, 0.2) is 30.5 Å². The van der Waals surface area contributed by atoms with Crippen LogP contribution in [0, 0.1) is 24.2 Å². The lowest BCUT2D eigenvalue weighted by atomic mass is 10.1. The minimum absolute atomic E-state index is 0.142. The summed E-state index contributed by atoms with van der Waals surface area (Å²) in [6.45, 7) is 3.94. The lowest BCUT2D eigenvalue weighted by Crippen LogP contribution is -2.34. The number of nitrogens with one attached hydrogen (secondary N) is 1. The van der Waals surface area contributed by atoms with Crippen LogP contribution < -0.4 is 10.1 Å². The van der Waals surface area contributed by atoms with Gasteiger partial charge in [0.05, 0.1) is 30.6 Å². The Bertz CT molecular complexity index is 1110. The van der Waals surface area contributed by atoms with Gasteiger partial charge in [0.1, 0.15) is 11.3 Å². The van der Waals surface area contributed by atoms with Crippen molar-refractivity contribution in [2.45, 2.75) is 32.7 Å². The summed E-state index contributed by atoms with van der Waals surface area (Å²) in [6.07, 6.45) is 3.88. The second-order valence-corrected chi connectivity index (χ2v) is 7.24. The number of hydrogen-bond donors (Lipinski definition) is 1. The second-order valence-electron chi connectivity index (χ2n) is 7.24. The number of nitrogens with zero attached hydrogens (tertiary/aromatic N) is 4. The molecular weight excluding hydrogens is 354 g/mol. The summed E-state index contributed by atoms with van der Waals surface area (Å²) in [5.74, 6) is 0.983. The number of fused-ring (bicyclic) bond motifs is 1. The van der Waals surface area contributed by atoms with Gasteiger partial charge >= 0.3 is 0 Å². The third-order valence-electron chi connectivity index (χ3n) is 5.15. The molecule has 7 nitrogen and oxygen atoms in total. The lowest BCUT2D eigenvalue weighted by molar-refractivity contribution is 0.0937. The predicted octanol–water partition coefficient (Wildman–Crippen LogP) is 3.11. The molecule has 3 aromatic rings. The quantitative estimate of drug-likeness (QED) is 0.740. The zero-order valence-electron chi connectivity index (χ0n) is 16.1. The zero-order valence-corrected chi connectivity index (χ0v) is 16.1. The predicted molar refractivity (Wildman–Crippen MR) is 104 cm³/mol. The number of benzene rings is 1. The first kappa shape index (κ1) is 18.0. The fraction of sp³-hybridized carbons (Fsp3) is 0.333. The van der Waals surface area contributed by atoms with Gasteiger partial charge in [-0.25, -0.2) is 9.50 Å². The zero-order chi connectivity index (χ0) is 19.8. The van der Waals surface area contributed by atoms with Gasteiger partial charge in [0.15, 0.2) is 5.65 Å². The third-order valence-corrected chi connectivity index (χ3v) is 5.15. The smallest absolute Gasteiger partial charge is 0.256 e. The summed E-state index contributed by atoms with van der Waals surface area (Å²) in [5, 5.41) is 16.7. The van der Waals surface area contributed by atoms with E-state index in [4.69, 9.17) is 4.74 Å². The Labute approximate surface area is 163 Å². The number of carbonyl (C=O) groups excluding carboxylic acids is 1. The maximum atomic E-state index is 12.8. The topological polar surface area (TPSA) is 92.3 Å². The Balaban J connectivity index is 1.77. The normalized spacial score (nSPS) is 14.5. The summed E-state index contributed by atoms with van der Waals surface area (Å²) >= 11 is 0. The van der Waals surface area contributed by atoms with E-state index in [1.807, 2.05) is 26.0 Å². The van der Waals surface area contributed by atoms with Crippen LogP contribution in [-0.4, -0.2) is 33.7 Å². The maximum absolute atomic E-state index is 12.8. The van der Waals surface area contributed by atoms with Crippen LogP contribution in [0.25, 0.3) is 16.9 Å². The van der Waals surface area contributed by atoms with Crippen LogP contribution >= 0.6 is 0 Å². The molecule has 1 fully saturated rings. The lowest BCUT2D eigenvalue weighted by Gasteiger charge is -2.12. The van der Waals surface area contributed by atoms with Gasteiger partial charge in [-0.05, 0) is 56.9 Å². The van der Waals surface area contributed by atoms with Gasteiger partial charge in [0, 0.05) is 17.3 Å². The molecule has 1 aromatic carbocycles. The van der Waals surface area contributed by atoms with Crippen LogP contribution in [0.3, 0.4) is 0 Å². The Hall–Kier alpha value is -3.40. The number of nitriles is 1. The van der Waals surface area contributed by atoms with Crippen LogP contribution in [0.2, 0.25) is 0 Å². The van der Waals surface area contributed by atoms with E-state index in [1.54, 1.807) is 30.0 Å².